The lowest BCUT2D eigenvalue weighted by Gasteiger charge is -2.43. The van der Waals surface area contributed by atoms with Crippen molar-refractivity contribution >= 4 is 0 Å². The fourth-order valence-corrected chi connectivity index (χ4v) is 2.23. The lowest BCUT2D eigenvalue weighted by Crippen LogP contribution is -2.55. The van der Waals surface area contributed by atoms with Crippen LogP contribution in [0.15, 0.2) is 0 Å². The van der Waals surface area contributed by atoms with Gasteiger partial charge in [-0.25, -0.2) is 0 Å². The smallest absolute Gasteiger partial charge is 0.0639 e. The number of rotatable bonds is 8. The van der Waals surface area contributed by atoms with Crippen molar-refractivity contribution in [1.82, 2.24) is 4.90 Å². The van der Waals surface area contributed by atoms with E-state index in [1.807, 2.05) is 6.92 Å². The maximum absolute atomic E-state index is 9.52. The second-order valence-corrected chi connectivity index (χ2v) is 4.43. The van der Waals surface area contributed by atoms with Gasteiger partial charge in [-0.2, -0.15) is 0 Å². The molecular formula is C12H28N2O. The van der Waals surface area contributed by atoms with E-state index in [0.29, 0.717) is 6.54 Å². The van der Waals surface area contributed by atoms with Gasteiger partial charge in [-0.3, -0.25) is 4.90 Å². The molecule has 3 nitrogen and oxygen atoms in total. The van der Waals surface area contributed by atoms with E-state index in [9.17, 15) is 5.11 Å². The van der Waals surface area contributed by atoms with Crippen LogP contribution in [0.25, 0.3) is 0 Å². The van der Waals surface area contributed by atoms with E-state index in [1.165, 1.54) is 0 Å². The van der Waals surface area contributed by atoms with E-state index in [1.54, 1.807) is 0 Å². The first-order chi connectivity index (χ1) is 7.06. The Morgan fingerprint density at radius 3 is 2.07 bits per heavy atom. The van der Waals surface area contributed by atoms with Gasteiger partial charge in [0.1, 0.15) is 0 Å². The van der Waals surface area contributed by atoms with Crippen molar-refractivity contribution in [3.8, 4) is 0 Å². The van der Waals surface area contributed by atoms with Crippen LogP contribution in [-0.4, -0.2) is 41.3 Å². The zero-order valence-corrected chi connectivity index (χ0v) is 10.8. The van der Waals surface area contributed by atoms with Gasteiger partial charge in [0.15, 0.2) is 0 Å². The van der Waals surface area contributed by atoms with Crippen molar-refractivity contribution in [2.24, 2.45) is 5.73 Å². The summed E-state index contributed by atoms with van der Waals surface area (Å²) in [7, 11) is 0. The Bertz CT molecular complexity index is 147. The minimum absolute atomic E-state index is 0.0764. The second-order valence-electron chi connectivity index (χ2n) is 4.43. The molecule has 15 heavy (non-hydrogen) atoms. The lowest BCUT2D eigenvalue weighted by molar-refractivity contribution is 0.0373. The average molecular weight is 216 g/mol. The molecule has 3 heteroatoms. The Balaban J connectivity index is 4.65. The molecule has 3 N–H and O–H groups in total. The Kier molecular flexibility index (Phi) is 7.14. The van der Waals surface area contributed by atoms with Gasteiger partial charge in [-0.15, -0.1) is 0 Å². The summed E-state index contributed by atoms with van der Waals surface area (Å²) in [4.78, 5) is 2.36. The van der Waals surface area contributed by atoms with Crippen LogP contribution in [0.2, 0.25) is 0 Å². The van der Waals surface area contributed by atoms with Crippen molar-refractivity contribution in [2.45, 2.75) is 58.6 Å². The summed E-state index contributed by atoms with van der Waals surface area (Å²) in [6.07, 6.45) is 2.93. The Morgan fingerprint density at radius 2 is 1.80 bits per heavy atom. The second kappa shape index (κ2) is 7.20. The van der Waals surface area contributed by atoms with Gasteiger partial charge in [0.05, 0.1) is 6.10 Å². The number of β-amino-alcohol motifs (C(OH)–C–C–N with tert-alkyl or cyclic N) is 1. The summed E-state index contributed by atoms with van der Waals surface area (Å²) in [5.41, 5.74) is 5.99. The van der Waals surface area contributed by atoms with Crippen molar-refractivity contribution in [3.63, 3.8) is 0 Å². The molecule has 0 aromatic carbocycles. The minimum Gasteiger partial charge on any atom is -0.392 e. The molecule has 0 aliphatic rings. The normalized spacial score (nSPS) is 14.6. The number of aliphatic hydroxyl groups excluding tert-OH is 1. The van der Waals surface area contributed by atoms with Gasteiger partial charge in [0.2, 0.25) is 0 Å². The summed E-state index contributed by atoms with van der Waals surface area (Å²) in [5.74, 6) is 0. The zero-order valence-electron chi connectivity index (χ0n) is 10.8. The van der Waals surface area contributed by atoms with Gasteiger partial charge in [-0.1, -0.05) is 20.8 Å². The third-order valence-corrected chi connectivity index (χ3v) is 3.35. The molecule has 0 amide bonds. The topological polar surface area (TPSA) is 49.5 Å². The molecule has 1 atom stereocenters. The lowest BCUT2D eigenvalue weighted by atomic mass is 9.90. The minimum atomic E-state index is -0.277. The van der Waals surface area contributed by atoms with Gasteiger partial charge < -0.3 is 10.8 Å². The molecule has 0 aromatic rings. The first kappa shape index (κ1) is 14.9. The Morgan fingerprint density at radius 1 is 1.27 bits per heavy atom. The summed E-state index contributed by atoms with van der Waals surface area (Å²) in [6, 6.07) is 0. The first-order valence-corrected chi connectivity index (χ1v) is 6.19. The highest BCUT2D eigenvalue weighted by Gasteiger charge is 2.31. The van der Waals surface area contributed by atoms with Crippen LogP contribution in [0.1, 0.15) is 47.0 Å². The van der Waals surface area contributed by atoms with E-state index in [2.05, 4.69) is 25.7 Å². The van der Waals surface area contributed by atoms with E-state index in [4.69, 9.17) is 5.73 Å². The van der Waals surface area contributed by atoms with E-state index in [0.717, 1.165) is 32.4 Å². The fraction of sp³-hybridized carbons (Fsp3) is 1.00. The average Bonchev–Trinajstić information content (AvgIpc) is 2.21. The molecule has 0 bridgehead atoms. The molecule has 0 aliphatic carbocycles. The molecule has 0 saturated heterocycles. The number of aliphatic hydroxyl groups is 1. The molecule has 0 saturated carbocycles. The summed E-state index contributed by atoms with van der Waals surface area (Å²) < 4.78 is 0. The molecular weight excluding hydrogens is 188 g/mol. The maximum atomic E-state index is 9.52. The van der Waals surface area contributed by atoms with E-state index >= 15 is 0 Å². The van der Waals surface area contributed by atoms with Gasteiger partial charge in [0.25, 0.3) is 0 Å². The highest BCUT2D eigenvalue weighted by atomic mass is 16.3. The third kappa shape index (κ3) is 4.09. The van der Waals surface area contributed by atoms with E-state index in [-0.39, 0.29) is 11.6 Å². The first-order valence-electron chi connectivity index (χ1n) is 6.19. The van der Waals surface area contributed by atoms with Crippen molar-refractivity contribution in [1.29, 1.82) is 0 Å². The summed E-state index contributed by atoms with van der Waals surface area (Å²) >= 11 is 0. The van der Waals surface area contributed by atoms with Crippen molar-refractivity contribution in [2.75, 3.05) is 19.6 Å². The van der Waals surface area contributed by atoms with Crippen LogP contribution in [0.4, 0.5) is 0 Å². The number of nitrogens with zero attached hydrogens (tertiary/aromatic N) is 1. The maximum Gasteiger partial charge on any atom is 0.0639 e. The summed E-state index contributed by atoms with van der Waals surface area (Å²) in [6.45, 7) is 10.8. The standard InChI is InChI=1S/C12H28N2O/c1-5-8-14(9-11(4)15)12(6-2,7-3)10-13/h11,15H,5-10,13H2,1-4H3. The zero-order chi connectivity index (χ0) is 11.9. The Hall–Kier alpha value is -0.120. The molecule has 0 aromatic heterocycles. The molecule has 0 spiro atoms. The fourth-order valence-electron chi connectivity index (χ4n) is 2.23. The number of nitrogens with two attached hydrogens (primary N) is 1. The van der Waals surface area contributed by atoms with Crippen LogP contribution < -0.4 is 5.73 Å². The van der Waals surface area contributed by atoms with Crippen LogP contribution in [0.5, 0.6) is 0 Å². The molecule has 1 unspecified atom stereocenters. The molecule has 0 fully saturated rings. The largest absolute Gasteiger partial charge is 0.392 e. The molecule has 0 aliphatic heterocycles. The van der Waals surface area contributed by atoms with Crippen LogP contribution in [-0.2, 0) is 0 Å². The van der Waals surface area contributed by atoms with E-state index < -0.39 is 0 Å². The predicted molar refractivity (Wildman–Crippen MR) is 65.9 cm³/mol. The molecule has 0 radical (unpaired) electrons. The molecule has 0 rings (SSSR count). The predicted octanol–water partition coefficient (Wildman–Crippen LogP) is 1.60. The van der Waals surface area contributed by atoms with Gasteiger partial charge >= 0.3 is 0 Å². The van der Waals surface area contributed by atoms with Crippen LogP contribution in [0, 0.1) is 0 Å². The molecule has 0 heterocycles. The highest BCUT2D eigenvalue weighted by Crippen LogP contribution is 2.23. The monoisotopic (exact) mass is 216 g/mol. The van der Waals surface area contributed by atoms with Crippen LogP contribution in [0.3, 0.4) is 0 Å². The number of hydrogen-bond acceptors (Lipinski definition) is 3. The Labute approximate surface area is 94.6 Å². The van der Waals surface area contributed by atoms with Crippen molar-refractivity contribution in [3.05, 3.63) is 0 Å². The SMILES string of the molecule is CCCN(CC(C)O)C(CC)(CC)CN. The van der Waals surface area contributed by atoms with Crippen LogP contribution >= 0.6 is 0 Å². The van der Waals surface area contributed by atoms with Crippen molar-refractivity contribution < 1.29 is 5.11 Å². The number of hydrogen-bond donors (Lipinski definition) is 2. The van der Waals surface area contributed by atoms with Gasteiger partial charge in [0, 0.05) is 18.6 Å². The van der Waals surface area contributed by atoms with Gasteiger partial charge in [-0.05, 0) is 32.7 Å². The third-order valence-electron chi connectivity index (χ3n) is 3.35. The molecule has 92 valence electrons. The summed E-state index contributed by atoms with van der Waals surface area (Å²) in [5, 5.41) is 9.52. The highest BCUT2D eigenvalue weighted by molar-refractivity contribution is 4.90. The quantitative estimate of drug-likeness (QED) is 0.648.